The van der Waals surface area contributed by atoms with Crippen LogP contribution in [0.25, 0.3) is 22.0 Å². The number of anilines is 1. The summed E-state index contributed by atoms with van der Waals surface area (Å²) in [5.41, 5.74) is 7.91. The van der Waals surface area contributed by atoms with E-state index in [4.69, 9.17) is 9.11 Å². The number of nitrogens with one attached hydrogen (secondary N) is 2. The van der Waals surface area contributed by atoms with Gasteiger partial charge in [0.25, 0.3) is 20.2 Å². The van der Waals surface area contributed by atoms with Crippen LogP contribution in [0.1, 0.15) is 16.8 Å². The smallest absolute Gasteiger partial charge is 0.294 e. The van der Waals surface area contributed by atoms with Crippen LogP contribution in [0.5, 0.6) is 0 Å². The monoisotopic (exact) mass is 648 g/mol. The second-order valence-electron chi connectivity index (χ2n) is 11.4. The van der Waals surface area contributed by atoms with Crippen molar-refractivity contribution in [2.24, 2.45) is 5.92 Å². The summed E-state index contributed by atoms with van der Waals surface area (Å²) >= 11 is 0. The van der Waals surface area contributed by atoms with Crippen LogP contribution in [0.15, 0.2) is 101 Å². The quantitative estimate of drug-likeness (QED) is 0.187. The number of aromatic nitrogens is 2. The third-order valence-electron chi connectivity index (χ3n) is 8.03. The topological polar surface area (TPSA) is 153 Å². The molecule has 12 heteroatoms. The van der Waals surface area contributed by atoms with E-state index in [1.807, 2.05) is 13.8 Å². The molecular weight excluding hydrogens is 613 g/mol. The fourth-order valence-electron chi connectivity index (χ4n) is 5.27. The number of benzene rings is 4. The Balaban J connectivity index is 0.000000153. The van der Waals surface area contributed by atoms with Crippen LogP contribution >= 0.6 is 0 Å². The van der Waals surface area contributed by atoms with Crippen LogP contribution in [-0.2, 0) is 20.2 Å². The van der Waals surface area contributed by atoms with Crippen LogP contribution in [-0.4, -0.2) is 61.8 Å². The Morgan fingerprint density at radius 1 is 0.711 bits per heavy atom. The van der Waals surface area contributed by atoms with Gasteiger partial charge in [0.15, 0.2) is 0 Å². The van der Waals surface area contributed by atoms with Gasteiger partial charge in [0.05, 0.1) is 15.3 Å². The Kier molecular flexibility index (Phi) is 9.42. The molecule has 2 unspecified atom stereocenters. The maximum Gasteiger partial charge on any atom is 0.294 e. The number of aromatic amines is 1. The molecule has 0 spiro atoms. The number of aryl methyl sites for hydroxylation is 3. The van der Waals surface area contributed by atoms with Gasteiger partial charge in [-0.3, -0.25) is 14.2 Å². The van der Waals surface area contributed by atoms with E-state index in [1.54, 1.807) is 24.3 Å². The second kappa shape index (κ2) is 13.1. The highest BCUT2D eigenvalue weighted by atomic mass is 32.2. The molecule has 2 fully saturated rings. The molecule has 2 aliphatic heterocycles. The lowest BCUT2D eigenvalue weighted by atomic mass is 9.96. The predicted molar refractivity (Wildman–Crippen MR) is 176 cm³/mol. The molecule has 0 bridgehead atoms. The normalized spacial score (nSPS) is 17.4. The maximum atomic E-state index is 10.5. The van der Waals surface area contributed by atoms with Gasteiger partial charge in [0, 0.05) is 48.4 Å². The highest BCUT2D eigenvalue weighted by molar-refractivity contribution is 7.86. The minimum Gasteiger partial charge on any atom is -0.370 e. The van der Waals surface area contributed by atoms with Crippen LogP contribution in [0.3, 0.4) is 0 Å². The number of hydrogen-bond donors (Lipinski definition) is 4. The number of rotatable bonds is 4. The first-order chi connectivity index (χ1) is 21.3. The molecule has 2 saturated heterocycles. The Bertz CT molecular complexity index is 1910. The van der Waals surface area contributed by atoms with E-state index < -0.39 is 20.2 Å². The number of H-pyrrole nitrogens is 1. The van der Waals surface area contributed by atoms with Crippen molar-refractivity contribution in [3.63, 3.8) is 0 Å². The standard InChI is InChI=1S/C19H20N4.2C7H8O3S/c1-12-17-8-14(4-7-18(17)22-21-12)13-2-5-16(6-3-13)23-10-15-9-20-19(15)11-23;2*1-6-2-4-7(5-3-6)11(8,9)10/h2-8,15,19-20H,9-11H2,1H3,(H,21,22);2*2-5H,1H3,(H,8,9,10). The molecule has 4 N–H and O–H groups in total. The highest BCUT2D eigenvalue weighted by Crippen LogP contribution is 2.31. The number of hydrogen-bond acceptors (Lipinski definition) is 7. The first kappa shape index (κ1) is 32.3. The van der Waals surface area contributed by atoms with Crippen molar-refractivity contribution in [3.8, 4) is 11.1 Å². The highest BCUT2D eigenvalue weighted by Gasteiger charge is 2.38. The molecule has 5 aromatic rings. The SMILES string of the molecule is Cc1[nH]nc2ccc(-c3ccc(N4CC5CNC5C4)cc3)cc12.Cc1ccc(S(=O)(=O)O)cc1.Cc1ccc(S(=O)(=O)O)cc1. The minimum atomic E-state index is -4.02. The summed E-state index contributed by atoms with van der Waals surface area (Å²) in [6, 6.07) is 28.1. The van der Waals surface area contributed by atoms with Gasteiger partial charge in [-0.15, -0.1) is 0 Å². The van der Waals surface area contributed by atoms with Crippen molar-refractivity contribution in [1.82, 2.24) is 15.5 Å². The van der Waals surface area contributed by atoms with Gasteiger partial charge in [0.2, 0.25) is 0 Å². The second-order valence-corrected chi connectivity index (χ2v) is 14.2. The van der Waals surface area contributed by atoms with Crippen molar-refractivity contribution in [2.75, 3.05) is 24.5 Å². The van der Waals surface area contributed by atoms with Gasteiger partial charge in [-0.05, 0) is 80.4 Å². The molecule has 45 heavy (non-hydrogen) atoms. The fourth-order valence-corrected chi connectivity index (χ4v) is 6.23. The van der Waals surface area contributed by atoms with E-state index in [0.717, 1.165) is 34.8 Å². The average molecular weight is 649 g/mol. The molecule has 2 aliphatic rings. The molecule has 0 aliphatic carbocycles. The van der Waals surface area contributed by atoms with E-state index in [9.17, 15) is 16.8 Å². The van der Waals surface area contributed by atoms with Crippen LogP contribution in [0, 0.1) is 26.7 Å². The zero-order valence-corrected chi connectivity index (χ0v) is 26.8. The zero-order valence-electron chi connectivity index (χ0n) is 25.2. The summed E-state index contributed by atoms with van der Waals surface area (Å²) in [4.78, 5) is 2.37. The molecule has 4 aromatic carbocycles. The average Bonchev–Trinajstić information content (AvgIpc) is 3.51. The van der Waals surface area contributed by atoms with E-state index in [-0.39, 0.29) is 9.79 Å². The lowest BCUT2D eigenvalue weighted by molar-refractivity contribution is 0.297. The third-order valence-corrected chi connectivity index (χ3v) is 9.77. The Hall–Kier alpha value is -4.07. The molecule has 0 amide bonds. The fraction of sp³-hybridized carbons (Fsp3) is 0.242. The number of nitrogens with zero attached hydrogens (tertiary/aromatic N) is 2. The molecule has 7 rings (SSSR count). The molecule has 3 heterocycles. The first-order valence-corrected chi connectivity index (χ1v) is 17.3. The van der Waals surface area contributed by atoms with Crippen molar-refractivity contribution in [1.29, 1.82) is 0 Å². The van der Waals surface area contributed by atoms with Gasteiger partial charge in [-0.25, -0.2) is 0 Å². The van der Waals surface area contributed by atoms with E-state index in [1.165, 1.54) is 59.6 Å². The Morgan fingerprint density at radius 2 is 1.24 bits per heavy atom. The summed E-state index contributed by atoms with van der Waals surface area (Å²) in [5.74, 6) is 0.848. The molecule has 0 saturated carbocycles. The van der Waals surface area contributed by atoms with Gasteiger partial charge in [-0.1, -0.05) is 53.6 Å². The van der Waals surface area contributed by atoms with Crippen molar-refractivity contribution in [3.05, 3.63) is 108 Å². The van der Waals surface area contributed by atoms with Crippen molar-refractivity contribution in [2.45, 2.75) is 36.6 Å². The summed E-state index contributed by atoms with van der Waals surface area (Å²) in [6.45, 7) is 9.27. The Labute approximate surface area is 263 Å². The summed E-state index contributed by atoms with van der Waals surface area (Å²) < 4.78 is 59.1. The summed E-state index contributed by atoms with van der Waals surface area (Å²) in [5, 5.41) is 12.1. The van der Waals surface area contributed by atoms with E-state index >= 15 is 0 Å². The largest absolute Gasteiger partial charge is 0.370 e. The maximum absolute atomic E-state index is 10.5. The molecule has 2 atom stereocenters. The molecule has 10 nitrogen and oxygen atoms in total. The Morgan fingerprint density at radius 3 is 1.69 bits per heavy atom. The van der Waals surface area contributed by atoms with E-state index in [2.05, 4.69) is 69.8 Å². The van der Waals surface area contributed by atoms with Crippen molar-refractivity contribution >= 4 is 36.8 Å². The van der Waals surface area contributed by atoms with Gasteiger partial charge >= 0.3 is 0 Å². The number of fused-ring (bicyclic) bond motifs is 2. The first-order valence-electron chi connectivity index (χ1n) is 14.4. The van der Waals surface area contributed by atoms with Crippen molar-refractivity contribution < 1.29 is 25.9 Å². The summed E-state index contributed by atoms with van der Waals surface area (Å²) in [6.07, 6.45) is 0. The molecule has 1 aromatic heterocycles. The third kappa shape index (κ3) is 7.96. The van der Waals surface area contributed by atoms with Crippen LogP contribution in [0.2, 0.25) is 0 Å². The molecular formula is C33H36N4O6S2. The van der Waals surface area contributed by atoms with Crippen LogP contribution < -0.4 is 10.2 Å². The lowest BCUT2D eigenvalue weighted by Gasteiger charge is -2.29. The molecule has 236 valence electrons. The lowest BCUT2D eigenvalue weighted by Crippen LogP contribution is -2.51. The molecule has 0 radical (unpaired) electrons. The van der Waals surface area contributed by atoms with E-state index in [0.29, 0.717) is 6.04 Å². The van der Waals surface area contributed by atoms with Crippen LogP contribution in [0.4, 0.5) is 5.69 Å². The van der Waals surface area contributed by atoms with Gasteiger partial charge in [0.1, 0.15) is 0 Å². The predicted octanol–water partition coefficient (Wildman–Crippen LogP) is 5.43. The summed E-state index contributed by atoms with van der Waals surface area (Å²) in [7, 11) is -8.04. The minimum absolute atomic E-state index is 0.0666. The van der Waals surface area contributed by atoms with Gasteiger partial charge < -0.3 is 10.2 Å². The van der Waals surface area contributed by atoms with Gasteiger partial charge in [-0.2, -0.15) is 21.9 Å². The zero-order chi connectivity index (χ0) is 32.4.